The van der Waals surface area contributed by atoms with Gasteiger partial charge in [0.1, 0.15) is 6.54 Å². The molecule has 0 radical (unpaired) electrons. The largest absolute Gasteiger partial charge is 0.348 e. The molecule has 1 aromatic heterocycles. The van der Waals surface area contributed by atoms with Crippen LogP contribution in [0.5, 0.6) is 0 Å². The second-order valence-corrected chi connectivity index (χ2v) is 5.09. The maximum atomic E-state index is 11.8. The molecule has 0 spiro atoms. The molecule has 0 aromatic carbocycles. The van der Waals surface area contributed by atoms with Crippen molar-refractivity contribution in [2.45, 2.75) is 13.0 Å². The fraction of sp³-hybridized carbons (Fsp3) is 0.417. The van der Waals surface area contributed by atoms with Gasteiger partial charge in [-0.3, -0.25) is 14.6 Å². The van der Waals surface area contributed by atoms with Crippen LogP contribution in [-0.2, 0) is 9.59 Å². The van der Waals surface area contributed by atoms with Crippen LogP contribution in [0.3, 0.4) is 0 Å². The third-order valence-electron chi connectivity index (χ3n) is 2.74. The Morgan fingerprint density at radius 3 is 2.89 bits per heavy atom. The molecule has 2 rings (SSSR count). The fourth-order valence-corrected chi connectivity index (χ4v) is 2.64. The summed E-state index contributed by atoms with van der Waals surface area (Å²) in [5, 5.41) is 2.87. The lowest BCUT2D eigenvalue weighted by atomic mass is 10.1. The van der Waals surface area contributed by atoms with Crippen molar-refractivity contribution >= 4 is 23.6 Å². The molecule has 1 aliphatic rings. The average molecular weight is 265 g/mol. The van der Waals surface area contributed by atoms with Crippen molar-refractivity contribution in [1.82, 2.24) is 15.2 Å². The molecule has 0 saturated carbocycles. The number of hydrogen-bond donors (Lipinski definition) is 1. The molecule has 6 heteroatoms. The highest BCUT2D eigenvalue weighted by Crippen LogP contribution is 2.15. The molecule has 1 atom stereocenters. The van der Waals surface area contributed by atoms with Crippen LogP contribution in [0.25, 0.3) is 0 Å². The Morgan fingerprint density at radius 1 is 1.56 bits per heavy atom. The van der Waals surface area contributed by atoms with E-state index in [1.165, 1.54) is 11.8 Å². The van der Waals surface area contributed by atoms with Crippen molar-refractivity contribution in [3.8, 4) is 0 Å². The third-order valence-corrected chi connectivity index (χ3v) is 3.69. The molecule has 1 fully saturated rings. The van der Waals surface area contributed by atoms with Crippen LogP contribution < -0.4 is 5.32 Å². The number of carbonyl (C=O) groups excluding carboxylic acids is 2. The van der Waals surface area contributed by atoms with Crippen molar-refractivity contribution in [2.24, 2.45) is 0 Å². The van der Waals surface area contributed by atoms with Gasteiger partial charge in [-0.2, -0.15) is 0 Å². The molecule has 0 bridgehead atoms. The second-order valence-electron chi connectivity index (χ2n) is 4.14. The van der Waals surface area contributed by atoms with Crippen LogP contribution in [-0.4, -0.2) is 39.9 Å². The first-order valence-electron chi connectivity index (χ1n) is 5.71. The van der Waals surface area contributed by atoms with E-state index in [0.717, 1.165) is 5.56 Å². The van der Waals surface area contributed by atoms with E-state index in [1.54, 1.807) is 17.3 Å². The van der Waals surface area contributed by atoms with Gasteiger partial charge in [0.2, 0.25) is 11.8 Å². The van der Waals surface area contributed by atoms with E-state index in [4.69, 9.17) is 0 Å². The molecule has 96 valence electrons. The number of amides is 2. The van der Waals surface area contributed by atoms with Crippen molar-refractivity contribution in [1.29, 1.82) is 0 Å². The summed E-state index contributed by atoms with van der Waals surface area (Å²) in [5.41, 5.74) is 1.00. The zero-order valence-electron chi connectivity index (χ0n) is 10.1. The Morgan fingerprint density at radius 2 is 2.28 bits per heavy atom. The van der Waals surface area contributed by atoms with E-state index >= 15 is 0 Å². The van der Waals surface area contributed by atoms with Crippen molar-refractivity contribution in [3.05, 3.63) is 30.1 Å². The molecule has 5 nitrogen and oxygen atoms in total. The van der Waals surface area contributed by atoms with Crippen LogP contribution in [0.1, 0.15) is 18.5 Å². The summed E-state index contributed by atoms with van der Waals surface area (Å²) in [7, 11) is 0. The van der Waals surface area contributed by atoms with Gasteiger partial charge in [0.25, 0.3) is 0 Å². The van der Waals surface area contributed by atoms with Gasteiger partial charge in [-0.1, -0.05) is 0 Å². The van der Waals surface area contributed by atoms with Gasteiger partial charge in [0.05, 0.1) is 17.7 Å². The Labute approximate surface area is 110 Å². The molecule has 1 aliphatic heterocycles. The van der Waals surface area contributed by atoms with E-state index < -0.39 is 0 Å². The molecule has 1 N–H and O–H groups in total. The van der Waals surface area contributed by atoms with Gasteiger partial charge in [0, 0.05) is 12.4 Å². The van der Waals surface area contributed by atoms with E-state index in [1.807, 2.05) is 19.1 Å². The summed E-state index contributed by atoms with van der Waals surface area (Å²) >= 11 is 1.54. The summed E-state index contributed by atoms with van der Waals surface area (Å²) in [4.78, 5) is 28.7. The van der Waals surface area contributed by atoms with Gasteiger partial charge in [-0.25, -0.2) is 0 Å². The Balaban J connectivity index is 1.86. The minimum atomic E-state index is -0.129. The number of thioether (sulfide) groups is 1. The first kappa shape index (κ1) is 12.9. The van der Waals surface area contributed by atoms with Crippen LogP contribution in [0.4, 0.5) is 0 Å². The summed E-state index contributed by atoms with van der Waals surface area (Å²) in [5.74, 6) is 0.991. The molecule has 18 heavy (non-hydrogen) atoms. The van der Waals surface area contributed by atoms with Gasteiger partial charge in [0.15, 0.2) is 0 Å². The topological polar surface area (TPSA) is 62.3 Å². The van der Waals surface area contributed by atoms with Gasteiger partial charge in [-0.15, -0.1) is 11.8 Å². The molecule has 2 heterocycles. The lowest BCUT2D eigenvalue weighted by Gasteiger charge is -2.18. The van der Waals surface area contributed by atoms with E-state index in [0.29, 0.717) is 11.6 Å². The number of hydrogen-bond acceptors (Lipinski definition) is 4. The first-order chi connectivity index (χ1) is 8.66. The minimum absolute atomic E-state index is 0.0340. The van der Waals surface area contributed by atoms with Gasteiger partial charge >= 0.3 is 0 Å². The summed E-state index contributed by atoms with van der Waals surface area (Å²) in [6, 6.07) is 3.65. The SMILES string of the molecule is CC(NC(=O)CN1CSCC1=O)c1ccncc1. The number of nitrogens with one attached hydrogen (secondary N) is 1. The maximum absolute atomic E-state index is 11.8. The highest BCUT2D eigenvalue weighted by molar-refractivity contribution is 8.00. The fourth-order valence-electron chi connectivity index (χ4n) is 1.74. The van der Waals surface area contributed by atoms with E-state index in [2.05, 4.69) is 10.3 Å². The quantitative estimate of drug-likeness (QED) is 0.874. The Hall–Kier alpha value is -1.56. The molecule has 1 aromatic rings. The highest BCUT2D eigenvalue weighted by atomic mass is 32.2. The highest BCUT2D eigenvalue weighted by Gasteiger charge is 2.23. The maximum Gasteiger partial charge on any atom is 0.240 e. The van der Waals surface area contributed by atoms with Crippen molar-refractivity contribution in [3.63, 3.8) is 0 Å². The normalized spacial score (nSPS) is 16.7. The van der Waals surface area contributed by atoms with E-state index in [-0.39, 0.29) is 24.4 Å². The zero-order chi connectivity index (χ0) is 13.0. The summed E-state index contributed by atoms with van der Waals surface area (Å²) in [6.45, 7) is 2.05. The monoisotopic (exact) mass is 265 g/mol. The molecule has 0 aliphatic carbocycles. The van der Waals surface area contributed by atoms with Crippen LogP contribution >= 0.6 is 11.8 Å². The molecule has 1 unspecified atom stereocenters. The average Bonchev–Trinajstić information content (AvgIpc) is 2.76. The lowest BCUT2D eigenvalue weighted by molar-refractivity contribution is -0.132. The number of pyridine rings is 1. The number of carbonyl (C=O) groups is 2. The Bertz CT molecular complexity index is 438. The van der Waals surface area contributed by atoms with Crippen molar-refractivity contribution in [2.75, 3.05) is 18.2 Å². The van der Waals surface area contributed by atoms with Crippen LogP contribution in [0.15, 0.2) is 24.5 Å². The predicted octanol–water partition coefficient (Wildman–Crippen LogP) is 0.792. The third kappa shape index (κ3) is 3.22. The molecule has 1 saturated heterocycles. The first-order valence-corrected chi connectivity index (χ1v) is 6.87. The number of nitrogens with zero attached hydrogens (tertiary/aromatic N) is 2. The smallest absolute Gasteiger partial charge is 0.240 e. The van der Waals surface area contributed by atoms with Gasteiger partial charge < -0.3 is 10.2 Å². The van der Waals surface area contributed by atoms with Crippen molar-refractivity contribution < 1.29 is 9.59 Å². The summed E-state index contributed by atoms with van der Waals surface area (Å²) < 4.78 is 0. The van der Waals surface area contributed by atoms with Crippen LogP contribution in [0.2, 0.25) is 0 Å². The number of aromatic nitrogens is 1. The summed E-state index contributed by atoms with van der Waals surface area (Å²) in [6.07, 6.45) is 3.39. The minimum Gasteiger partial charge on any atom is -0.348 e. The Kier molecular flexibility index (Phi) is 4.19. The van der Waals surface area contributed by atoms with Gasteiger partial charge in [-0.05, 0) is 24.6 Å². The number of rotatable bonds is 4. The molecular formula is C12H15N3O2S. The zero-order valence-corrected chi connectivity index (χ0v) is 10.9. The molecular weight excluding hydrogens is 250 g/mol. The lowest BCUT2D eigenvalue weighted by Crippen LogP contribution is -2.39. The standard InChI is InChI=1S/C12H15N3O2S/c1-9(10-2-4-13-5-3-10)14-11(16)6-15-8-18-7-12(15)17/h2-5,9H,6-8H2,1H3,(H,14,16). The van der Waals surface area contributed by atoms with E-state index in [9.17, 15) is 9.59 Å². The van der Waals surface area contributed by atoms with Crippen LogP contribution in [0, 0.1) is 0 Å². The second kappa shape index (κ2) is 5.86. The molecule has 2 amide bonds. The predicted molar refractivity (Wildman–Crippen MR) is 69.8 cm³/mol.